The van der Waals surface area contributed by atoms with Gasteiger partial charge in [0.2, 0.25) is 15.8 Å². The quantitative estimate of drug-likeness (QED) is 0.362. The van der Waals surface area contributed by atoms with Gasteiger partial charge in [-0.2, -0.15) is 4.31 Å². The van der Waals surface area contributed by atoms with E-state index in [0.717, 1.165) is 11.3 Å². The van der Waals surface area contributed by atoms with E-state index < -0.39 is 40.3 Å². The number of nitrogens with one attached hydrogen (secondary N) is 1. The van der Waals surface area contributed by atoms with Crippen LogP contribution in [-0.4, -0.2) is 56.1 Å². The highest BCUT2D eigenvalue weighted by Gasteiger charge is 2.28. The van der Waals surface area contributed by atoms with Crippen molar-refractivity contribution in [2.24, 2.45) is 5.92 Å². The molecule has 0 spiro atoms. The van der Waals surface area contributed by atoms with Crippen LogP contribution >= 0.6 is 22.9 Å². The van der Waals surface area contributed by atoms with Gasteiger partial charge in [-0.1, -0.05) is 45.4 Å². The molecule has 8 nitrogen and oxygen atoms in total. The first kappa shape index (κ1) is 27.0. The van der Waals surface area contributed by atoms with Crippen LogP contribution in [0.3, 0.4) is 0 Å². The summed E-state index contributed by atoms with van der Waals surface area (Å²) < 4.78 is 32.4. The Bertz CT molecular complexity index is 1110. The molecular weight excluding hydrogens is 488 g/mol. The molecule has 0 unspecified atom stereocenters. The highest BCUT2D eigenvalue weighted by molar-refractivity contribution is 7.89. The third kappa shape index (κ3) is 6.86. The molecule has 1 aromatic carbocycles. The normalized spacial score (nSPS) is 12.6. The van der Waals surface area contributed by atoms with Crippen molar-refractivity contribution >= 4 is 50.6 Å². The molecule has 0 aliphatic carbocycles. The Labute approximate surface area is 202 Å². The smallest absolute Gasteiger partial charge is 0.329 e. The maximum absolute atomic E-state index is 12.8. The maximum Gasteiger partial charge on any atom is 0.329 e. The van der Waals surface area contributed by atoms with Gasteiger partial charge in [0, 0.05) is 18.7 Å². The molecular formula is C22H27ClN2O6S2. The first-order chi connectivity index (χ1) is 15.5. The number of esters is 1. The van der Waals surface area contributed by atoms with E-state index in [2.05, 4.69) is 5.32 Å². The van der Waals surface area contributed by atoms with E-state index in [1.54, 1.807) is 39.8 Å². The lowest BCUT2D eigenvalue weighted by atomic mass is 10.0. The van der Waals surface area contributed by atoms with Gasteiger partial charge < -0.3 is 10.1 Å². The second-order valence-corrected chi connectivity index (χ2v) is 11.1. The Morgan fingerprint density at radius 3 is 2.33 bits per heavy atom. The molecule has 2 aromatic rings. The largest absolute Gasteiger partial charge is 0.456 e. The van der Waals surface area contributed by atoms with Gasteiger partial charge in [0.1, 0.15) is 6.04 Å². The number of sulfonamides is 1. The number of rotatable bonds is 11. The van der Waals surface area contributed by atoms with Crippen molar-refractivity contribution in [2.75, 3.05) is 19.7 Å². The average Bonchev–Trinajstić information content (AvgIpc) is 3.22. The van der Waals surface area contributed by atoms with Crippen LogP contribution in [0.15, 0.2) is 41.3 Å². The van der Waals surface area contributed by atoms with E-state index in [1.165, 1.54) is 28.6 Å². The predicted molar refractivity (Wildman–Crippen MR) is 127 cm³/mol. The van der Waals surface area contributed by atoms with Gasteiger partial charge in [0.15, 0.2) is 6.61 Å². The third-order valence-corrected chi connectivity index (χ3v) is 8.16. The SMILES string of the molecule is CCN(CC)S(=O)(=O)c1cccc(C(=O)N[C@H](C(=O)OCC(=O)c2ccc(Cl)s2)C(C)C)c1. The van der Waals surface area contributed by atoms with Crippen LogP contribution in [0.5, 0.6) is 0 Å². The van der Waals surface area contributed by atoms with Gasteiger partial charge in [0.05, 0.1) is 14.1 Å². The Morgan fingerprint density at radius 2 is 1.79 bits per heavy atom. The number of hydrogen-bond donors (Lipinski definition) is 1. The number of ether oxygens (including phenoxy) is 1. The monoisotopic (exact) mass is 514 g/mol. The number of halogens is 1. The highest BCUT2D eigenvalue weighted by Crippen LogP contribution is 2.22. The van der Waals surface area contributed by atoms with Crippen LogP contribution in [0.2, 0.25) is 4.34 Å². The molecule has 0 radical (unpaired) electrons. The summed E-state index contributed by atoms with van der Waals surface area (Å²) in [5, 5.41) is 2.58. The van der Waals surface area contributed by atoms with Crippen molar-refractivity contribution < 1.29 is 27.5 Å². The van der Waals surface area contributed by atoms with Gasteiger partial charge in [-0.3, -0.25) is 9.59 Å². The van der Waals surface area contributed by atoms with Gasteiger partial charge in [-0.25, -0.2) is 13.2 Å². The lowest BCUT2D eigenvalue weighted by Gasteiger charge is -2.21. The molecule has 0 aliphatic rings. The number of carbonyl (C=O) groups excluding carboxylic acids is 3. The second-order valence-electron chi connectivity index (χ2n) is 7.45. The molecule has 0 fully saturated rings. The molecule has 11 heteroatoms. The van der Waals surface area contributed by atoms with Crippen molar-refractivity contribution in [1.29, 1.82) is 0 Å². The Hall–Kier alpha value is -2.27. The van der Waals surface area contributed by atoms with Crippen LogP contribution in [0, 0.1) is 5.92 Å². The van der Waals surface area contributed by atoms with E-state index in [0.29, 0.717) is 22.3 Å². The number of benzene rings is 1. The average molecular weight is 515 g/mol. The number of thiophene rings is 1. The van der Waals surface area contributed by atoms with Crippen molar-refractivity contribution in [3.63, 3.8) is 0 Å². The zero-order valence-electron chi connectivity index (χ0n) is 18.8. The van der Waals surface area contributed by atoms with E-state index in [9.17, 15) is 22.8 Å². The third-order valence-electron chi connectivity index (χ3n) is 4.84. The molecule has 0 saturated heterocycles. The summed E-state index contributed by atoms with van der Waals surface area (Å²) >= 11 is 6.90. The molecule has 33 heavy (non-hydrogen) atoms. The molecule has 1 N–H and O–H groups in total. The summed E-state index contributed by atoms with van der Waals surface area (Å²) in [6.45, 7) is 7.01. The fourth-order valence-electron chi connectivity index (χ4n) is 2.99. The van der Waals surface area contributed by atoms with Crippen LogP contribution in [0.1, 0.15) is 47.7 Å². The summed E-state index contributed by atoms with van der Waals surface area (Å²) in [5.41, 5.74) is 0.0889. The molecule has 1 aromatic heterocycles. The van der Waals surface area contributed by atoms with Crippen LogP contribution < -0.4 is 5.32 Å². The zero-order chi connectivity index (χ0) is 24.8. The topological polar surface area (TPSA) is 110 Å². The van der Waals surface area contributed by atoms with Gasteiger partial charge in [0.25, 0.3) is 5.91 Å². The Kier molecular flexibility index (Phi) is 9.59. The summed E-state index contributed by atoms with van der Waals surface area (Å²) in [7, 11) is -3.75. The van der Waals surface area contributed by atoms with Crippen LogP contribution in [0.25, 0.3) is 0 Å². The first-order valence-electron chi connectivity index (χ1n) is 10.4. The van der Waals surface area contributed by atoms with Crippen LogP contribution in [0.4, 0.5) is 0 Å². The predicted octanol–water partition coefficient (Wildman–Crippen LogP) is 3.61. The molecule has 0 bridgehead atoms. The zero-order valence-corrected chi connectivity index (χ0v) is 21.2. The molecule has 180 valence electrons. The van der Waals surface area contributed by atoms with Crippen molar-refractivity contribution in [3.8, 4) is 0 Å². The summed E-state index contributed by atoms with van der Waals surface area (Å²) in [6, 6.07) is 7.72. The molecule has 1 atom stereocenters. The van der Waals surface area contributed by atoms with Crippen molar-refractivity contribution in [3.05, 3.63) is 51.2 Å². The van der Waals surface area contributed by atoms with E-state index in [1.807, 2.05) is 0 Å². The number of amides is 1. The maximum atomic E-state index is 12.8. The molecule has 0 aliphatic heterocycles. The minimum absolute atomic E-state index is 0.0114. The van der Waals surface area contributed by atoms with Crippen molar-refractivity contribution in [1.82, 2.24) is 9.62 Å². The second kappa shape index (κ2) is 11.7. The number of ketones is 1. The molecule has 0 saturated carbocycles. The van der Waals surface area contributed by atoms with Crippen molar-refractivity contribution in [2.45, 2.75) is 38.6 Å². The van der Waals surface area contributed by atoms with Crippen LogP contribution in [-0.2, 0) is 19.6 Å². The Morgan fingerprint density at radius 1 is 1.12 bits per heavy atom. The fourth-order valence-corrected chi connectivity index (χ4v) is 5.47. The minimum atomic E-state index is -3.75. The van der Waals surface area contributed by atoms with E-state index in [-0.39, 0.29) is 16.4 Å². The fraction of sp³-hybridized carbons (Fsp3) is 0.409. The number of Topliss-reactive ketones (excluding diaryl/α,β-unsaturated/α-hetero) is 1. The molecule has 2 rings (SSSR count). The van der Waals surface area contributed by atoms with Gasteiger partial charge >= 0.3 is 5.97 Å². The number of nitrogens with zero attached hydrogens (tertiary/aromatic N) is 1. The Balaban J connectivity index is 2.12. The van der Waals surface area contributed by atoms with E-state index in [4.69, 9.17) is 16.3 Å². The lowest BCUT2D eigenvalue weighted by Crippen LogP contribution is -2.45. The summed E-state index contributed by atoms with van der Waals surface area (Å²) in [6.07, 6.45) is 0. The number of carbonyl (C=O) groups is 3. The van der Waals surface area contributed by atoms with E-state index >= 15 is 0 Å². The lowest BCUT2D eigenvalue weighted by molar-refractivity contribution is -0.145. The summed E-state index contributed by atoms with van der Waals surface area (Å²) in [5.74, 6) is -2.13. The molecule has 1 amide bonds. The minimum Gasteiger partial charge on any atom is -0.456 e. The first-order valence-corrected chi connectivity index (χ1v) is 13.0. The van der Waals surface area contributed by atoms with Gasteiger partial charge in [-0.05, 0) is 36.2 Å². The highest BCUT2D eigenvalue weighted by atomic mass is 35.5. The number of hydrogen-bond acceptors (Lipinski definition) is 7. The van der Waals surface area contributed by atoms with Gasteiger partial charge in [-0.15, -0.1) is 11.3 Å². The molecule has 1 heterocycles. The summed E-state index contributed by atoms with van der Waals surface area (Å²) in [4.78, 5) is 37.9. The standard InChI is InChI=1S/C22H27ClN2O6S2/c1-5-25(6-2)33(29,30)16-9-7-8-15(12-16)21(27)24-20(14(3)4)22(28)31-13-17(26)18-10-11-19(23)32-18/h7-12,14,20H,5-6,13H2,1-4H3,(H,24,27)/t20-/m0/s1.